The second-order valence-electron chi connectivity index (χ2n) is 9.22. The molecule has 2 fully saturated rings. The van der Waals surface area contributed by atoms with Gasteiger partial charge in [-0.25, -0.2) is 17.2 Å². The molecular weight excluding hydrogens is 516 g/mol. The summed E-state index contributed by atoms with van der Waals surface area (Å²) < 4.78 is 51.1. The van der Waals surface area contributed by atoms with E-state index < -0.39 is 27.1 Å². The van der Waals surface area contributed by atoms with Crippen LogP contribution in [-0.4, -0.2) is 44.6 Å². The van der Waals surface area contributed by atoms with Crippen molar-refractivity contribution in [3.8, 4) is 11.3 Å². The van der Waals surface area contributed by atoms with Gasteiger partial charge in [0.2, 0.25) is 0 Å². The summed E-state index contributed by atoms with van der Waals surface area (Å²) in [7, 11) is -3.49. The maximum Gasteiger partial charge on any atom is 0.265 e. The van der Waals surface area contributed by atoms with Crippen molar-refractivity contribution in [2.45, 2.75) is 30.6 Å². The monoisotopic (exact) mass is 537 g/mol. The average molecular weight is 538 g/mol. The number of anilines is 2. The van der Waals surface area contributed by atoms with Crippen LogP contribution < -0.4 is 10.2 Å². The van der Waals surface area contributed by atoms with Crippen LogP contribution in [0.5, 0.6) is 0 Å². The lowest BCUT2D eigenvalue weighted by Crippen LogP contribution is -2.22. The number of amides is 1. The Kier molecular flexibility index (Phi) is 5.69. The van der Waals surface area contributed by atoms with Crippen LogP contribution in [0.4, 0.5) is 20.2 Å². The van der Waals surface area contributed by atoms with Gasteiger partial charge in [-0.3, -0.25) is 9.78 Å². The van der Waals surface area contributed by atoms with Gasteiger partial charge in [0, 0.05) is 46.9 Å². The molecule has 1 spiro atoms. The first-order valence-electron chi connectivity index (χ1n) is 10.9. The number of nitrogens with one attached hydrogen (secondary N) is 1. The van der Waals surface area contributed by atoms with Gasteiger partial charge in [0.25, 0.3) is 11.8 Å². The first-order valence-corrected chi connectivity index (χ1v) is 14.0. The van der Waals surface area contributed by atoms with E-state index in [1.165, 1.54) is 29.5 Å². The minimum atomic E-state index is -3.49. The summed E-state index contributed by atoms with van der Waals surface area (Å²) in [6.07, 6.45) is 3.21. The lowest BCUT2D eigenvalue weighted by molar-refractivity contribution is 0.0711. The third-order valence-electron chi connectivity index (χ3n) is 6.65. The van der Waals surface area contributed by atoms with E-state index in [9.17, 15) is 22.0 Å². The van der Waals surface area contributed by atoms with Gasteiger partial charge in [-0.15, -0.1) is 11.3 Å². The topological polar surface area (TPSA) is 79.4 Å². The van der Waals surface area contributed by atoms with Crippen molar-refractivity contribution >= 4 is 50.1 Å². The van der Waals surface area contributed by atoms with E-state index in [2.05, 4.69) is 10.3 Å². The maximum atomic E-state index is 13.7. The Bertz CT molecular complexity index is 1440. The zero-order valence-electron chi connectivity index (χ0n) is 18.9. The minimum absolute atomic E-state index is 0.0157. The number of aromatic nitrogens is 1. The maximum absolute atomic E-state index is 13.7. The van der Waals surface area contributed by atoms with Crippen LogP contribution in [0.2, 0.25) is 5.02 Å². The molecule has 1 saturated carbocycles. The predicted molar refractivity (Wildman–Crippen MR) is 134 cm³/mol. The van der Waals surface area contributed by atoms with E-state index in [-0.39, 0.29) is 22.0 Å². The number of rotatable bonds is 5. The quantitative estimate of drug-likeness (QED) is 0.454. The number of pyridine rings is 1. The molecule has 35 heavy (non-hydrogen) atoms. The molecule has 5 rings (SSSR count). The van der Waals surface area contributed by atoms with Gasteiger partial charge in [0.1, 0.15) is 0 Å². The van der Waals surface area contributed by atoms with E-state index in [1.54, 1.807) is 12.3 Å². The molecule has 6 nitrogen and oxygen atoms in total. The highest BCUT2D eigenvalue weighted by atomic mass is 35.5. The molecule has 0 radical (unpaired) electrons. The molecule has 184 valence electrons. The highest BCUT2D eigenvalue weighted by molar-refractivity contribution is 7.90. The van der Waals surface area contributed by atoms with E-state index in [0.29, 0.717) is 30.1 Å². The summed E-state index contributed by atoms with van der Waals surface area (Å²) in [6.45, 7) is 2.81. The van der Waals surface area contributed by atoms with E-state index in [4.69, 9.17) is 11.6 Å². The van der Waals surface area contributed by atoms with Crippen LogP contribution in [0.15, 0.2) is 47.5 Å². The Hall–Kier alpha value is -2.56. The smallest absolute Gasteiger partial charge is 0.265 e. The number of sulfone groups is 1. The number of thiophene rings is 1. The Balaban J connectivity index is 1.32. The third-order valence-corrected chi connectivity index (χ3v) is 9.01. The molecule has 1 saturated heterocycles. The molecule has 3 aromatic rings. The average Bonchev–Trinajstić information content (AvgIpc) is 3.11. The van der Waals surface area contributed by atoms with E-state index in [1.807, 2.05) is 24.0 Å². The zero-order valence-corrected chi connectivity index (χ0v) is 21.3. The van der Waals surface area contributed by atoms with Crippen molar-refractivity contribution < 1.29 is 22.0 Å². The number of nitrogens with zero attached hydrogens (tertiary/aromatic N) is 2. The van der Waals surface area contributed by atoms with Crippen LogP contribution in [0.3, 0.4) is 0 Å². The molecule has 11 heteroatoms. The molecule has 1 aliphatic heterocycles. The second-order valence-corrected chi connectivity index (χ2v) is 12.9. The lowest BCUT2D eigenvalue weighted by Gasteiger charge is -2.18. The van der Waals surface area contributed by atoms with Gasteiger partial charge in [0.05, 0.1) is 32.8 Å². The largest absolute Gasteiger partial charge is 0.369 e. The molecule has 0 bridgehead atoms. The van der Waals surface area contributed by atoms with Crippen molar-refractivity contribution in [3.05, 3.63) is 57.4 Å². The number of benzene rings is 1. The van der Waals surface area contributed by atoms with Gasteiger partial charge in [-0.1, -0.05) is 11.6 Å². The number of carbonyl (C=O) groups excluding carboxylic acids is 1. The van der Waals surface area contributed by atoms with Crippen LogP contribution in [0, 0.1) is 12.3 Å². The molecule has 2 aliphatic rings. The standard InChI is InChI=1S/C24H22ClF2N3O3S2/c1-14-19(20-4-3-17(11-28-20)30-6-5-23(13-30)12-24(23,26)27)10-21(34-14)22(31)29-16-7-15(25)8-18(9-16)35(2,32)33/h3-4,7-11H,5-6,12-13H2,1-2H3,(H,29,31). The highest BCUT2D eigenvalue weighted by Gasteiger charge is 2.72. The Morgan fingerprint density at radius 3 is 2.57 bits per heavy atom. The third kappa shape index (κ3) is 4.54. The summed E-state index contributed by atoms with van der Waals surface area (Å²) in [4.78, 5) is 20.7. The summed E-state index contributed by atoms with van der Waals surface area (Å²) in [5.41, 5.74) is 1.68. The molecule has 2 aromatic heterocycles. The summed E-state index contributed by atoms with van der Waals surface area (Å²) >= 11 is 7.32. The number of halogens is 3. The van der Waals surface area contributed by atoms with Crippen molar-refractivity contribution in [1.82, 2.24) is 4.98 Å². The fourth-order valence-electron chi connectivity index (χ4n) is 4.54. The molecule has 1 amide bonds. The van der Waals surface area contributed by atoms with E-state index in [0.717, 1.165) is 22.4 Å². The number of carbonyl (C=O) groups is 1. The van der Waals surface area contributed by atoms with Gasteiger partial charge >= 0.3 is 0 Å². The van der Waals surface area contributed by atoms with Crippen LogP contribution >= 0.6 is 22.9 Å². The summed E-state index contributed by atoms with van der Waals surface area (Å²) in [6, 6.07) is 9.60. The van der Waals surface area contributed by atoms with Crippen molar-refractivity contribution in [1.29, 1.82) is 0 Å². The van der Waals surface area contributed by atoms with Gasteiger partial charge in [-0.2, -0.15) is 0 Å². The van der Waals surface area contributed by atoms with Gasteiger partial charge < -0.3 is 10.2 Å². The fraction of sp³-hybridized carbons (Fsp3) is 0.333. The number of alkyl halides is 2. The molecule has 1 unspecified atom stereocenters. The molecule has 3 heterocycles. The normalized spacial score (nSPS) is 20.9. The zero-order chi connectivity index (χ0) is 25.2. The first kappa shape index (κ1) is 24.1. The Labute approximate surface area is 210 Å². The first-order chi connectivity index (χ1) is 16.4. The Morgan fingerprint density at radius 2 is 1.97 bits per heavy atom. The second kappa shape index (κ2) is 8.25. The Morgan fingerprint density at radius 1 is 1.23 bits per heavy atom. The molecule has 1 N–H and O–H groups in total. The summed E-state index contributed by atoms with van der Waals surface area (Å²) in [5, 5.41) is 2.90. The SMILES string of the molecule is Cc1sc(C(=O)Nc2cc(Cl)cc(S(C)(=O)=O)c2)cc1-c1ccc(N2CCC3(C2)CC3(F)F)cn1. The predicted octanol–water partition coefficient (Wildman–Crippen LogP) is 5.66. The molecule has 1 atom stereocenters. The van der Waals surface area contributed by atoms with Crippen molar-refractivity contribution in [3.63, 3.8) is 0 Å². The van der Waals surface area contributed by atoms with Gasteiger partial charge in [-0.05, 0) is 49.7 Å². The molecule has 1 aliphatic carbocycles. The van der Waals surface area contributed by atoms with Gasteiger partial charge in [0.15, 0.2) is 9.84 Å². The highest BCUT2D eigenvalue weighted by Crippen LogP contribution is 2.65. The van der Waals surface area contributed by atoms with Crippen LogP contribution in [0.1, 0.15) is 27.4 Å². The molecular formula is C24H22ClF2N3O3S2. The number of hydrogen-bond acceptors (Lipinski definition) is 6. The lowest BCUT2D eigenvalue weighted by atomic mass is 10.1. The van der Waals surface area contributed by atoms with E-state index >= 15 is 0 Å². The van der Waals surface area contributed by atoms with Crippen LogP contribution in [-0.2, 0) is 9.84 Å². The summed E-state index contributed by atoms with van der Waals surface area (Å²) in [5.74, 6) is -2.95. The molecule has 1 aromatic carbocycles. The number of hydrogen-bond donors (Lipinski definition) is 1. The van der Waals surface area contributed by atoms with Crippen LogP contribution in [0.25, 0.3) is 11.3 Å². The fourth-order valence-corrected chi connectivity index (χ4v) is 6.44. The minimum Gasteiger partial charge on any atom is -0.369 e. The van der Waals surface area contributed by atoms with Crippen molar-refractivity contribution in [2.24, 2.45) is 5.41 Å². The van der Waals surface area contributed by atoms with Crippen molar-refractivity contribution in [2.75, 3.05) is 29.6 Å². The number of aryl methyl sites for hydroxylation is 1.